The van der Waals surface area contributed by atoms with Gasteiger partial charge in [0, 0.05) is 10.0 Å². The third-order valence-corrected chi connectivity index (χ3v) is 3.99. The summed E-state index contributed by atoms with van der Waals surface area (Å²) >= 11 is 3.42. The molecule has 4 aromatic rings. The van der Waals surface area contributed by atoms with Crippen LogP contribution in [0.3, 0.4) is 0 Å². The Hall–Kier alpha value is -2.47. The van der Waals surface area contributed by atoms with E-state index in [-0.39, 0.29) is 11.7 Å². The number of aromatic nitrogens is 3. The Morgan fingerprint density at radius 2 is 1.86 bits per heavy atom. The second kappa shape index (κ2) is 4.78. The number of nitrogens with zero attached hydrogens (tertiary/aromatic N) is 3. The van der Waals surface area contributed by atoms with Gasteiger partial charge < -0.3 is 5.11 Å². The van der Waals surface area contributed by atoms with Crippen molar-refractivity contribution in [1.29, 1.82) is 0 Å². The first-order chi connectivity index (χ1) is 10.6. The van der Waals surface area contributed by atoms with Crippen molar-refractivity contribution in [2.75, 3.05) is 0 Å². The normalized spacial score (nSPS) is 11.4. The van der Waals surface area contributed by atoms with Crippen LogP contribution in [0.1, 0.15) is 0 Å². The molecule has 0 saturated carbocycles. The fraction of sp³-hybridized carbons (Fsp3) is 0. The van der Waals surface area contributed by atoms with Crippen molar-refractivity contribution >= 4 is 32.6 Å². The predicted octanol–water partition coefficient (Wildman–Crippen LogP) is 4.16. The van der Waals surface area contributed by atoms with Gasteiger partial charge in [-0.05, 0) is 42.5 Å². The summed E-state index contributed by atoms with van der Waals surface area (Å²) in [7, 11) is 0. The van der Waals surface area contributed by atoms with E-state index in [0.29, 0.717) is 16.9 Å². The molecule has 0 spiro atoms. The second-order valence-corrected chi connectivity index (χ2v) is 5.79. The van der Waals surface area contributed by atoms with Gasteiger partial charge in [-0.25, -0.2) is 9.37 Å². The molecule has 0 unspecified atom stereocenters. The quantitative estimate of drug-likeness (QED) is 0.556. The number of benzene rings is 2. The molecule has 4 rings (SSSR count). The number of fused-ring (bicyclic) bond motifs is 3. The lowest BCUT2D eigenvalue weighted by Crippen LogP contribution is -1.90. The zero-order valence-corrected chi connectivity index (χ0v) is 12.7. The van der Waals surface area contributed by atoms with Gasteiger partial charge in [-0.1, -0.05) is 15.9 Å². The zero-order valence-electron chi connectivity index (χ0n) is 11.2. The van der Waals surface area contributed by atoms with Crippen molar-refractivity contribution in [3.63, 3.8) is 0 Å². The number of imidazole rings is 1. The van der Waals surface area contributed by atoms with Crippen molar-refractivity contribution in [2.24, 2.45) is 0 Å². The van der Waals surface area contributed by atoms with Crippen LogP contribution in [-0.4, -0.2) is 19.5 Å². The molecule has 2 aromatic carbocycles. The minimum absolute atomic E-state index is 0.00658. The summed E-state index contributed by atoms with van der Waals surface area (Å²) < 4.78 is 15.6. The summed E-state index contributed by atoms with van der Waals surface area (Å²) in [5.41, 5.74) is 3.06. The highest BCUT2D eigenvalue weighted by Gasteiger charge is 2.15. The van der Waals surface area contributed by atoms with Gasteiger partial charge in [0.25, 0.3) is 0 Å². The van der Waals surface area contributed by atoms with Gasteiger partial charge >= 0.3 is 0 Å². The number of hydrogen-bond donors (Lipinski definition) is 1. The Kier molecular flexibility index (Phi) is 2.87. The smallest absolute Gasteiger partial charge is 0.224 e. The zero-order chi connectivity index (χ0) is 15.3. The van der Waals surface area contributed by atoms with Crippen LogP contribution in [0.25, 0.3) is 27.9 Å². The van der Waals surface area contributed by atoms with E-state index in [2.05, 4.69) is 25.9 Å². The van der Waals surface area contributed by atoms with Crippen LogP contribution in [0, 0.1) is 5.82 Å². The average molecular weight is 358 g/mol. The Morgan fingerprint density at radius 3 is 2.64 bits per heavy atom. The molecule has 4 nitrogen and oxygen atoms in total. The molecule has 0 bridgehead atoms. The standard InChI is InChI=1S/C16H9BrFN3O/c17-10-3-6-12-13(7-10)21-14(8-19-12)20-15(16(21)22)9-1-4-11(18)5-2-9/h1-8,22H. The van der Waals surface area contributed by atoms with E-state index in [1.165, 1.54) is 12.1 Å². The topological polar surface area (TPSA) is 50.4 Å². The molecule has 0 radical (unpaired) electrons. The molecule has 0 atom stereocenters. The lowest BCUT2D eigenvalue weighted by Gasteiger charge is -2.03. The van der Waals surface area contributed by atoms with E-state index < -0.39 is 0 Å². The fourth-order valence-corrected chi connectivity index (χ4v) is 2.82. The van der Waals surface area contributed by atoms with E-state index in [1.54, 1.807) is 22.7 Å². The monoisotopic (exact) mass is 357 g/mol. The summed E-state index contributed by atoms with van der Waals surface area (Å²) in [6.07, 6.45) is 1.60. The Morgan fingerprint density at radius 1 is 1.09 bits per heavy atom. The molecular formula is C16H9BrFN3O. The van der Waals surface area contributed by atoms with Gasteiger partial charge in [0.1, 0.15) is 11.5 Å². The molecule has 2 heterocycles. The van der Waals surface area contributed by atoms with Gasteiger partial charge in [-0.3, -0.25) is 9.38 Å². The van der Waals surface area contributed by atoms with Crippen molar-refractivity contribution in [3.05, 3.63) is 59.0 Å². The molecule has 0 saturated heterocycles. The maximum Gasteiger partial charge on any atom is 0.224 e. The Bertz CT molecular complexity index is 1010. The van der Waals surface area contributed by atoms with E-state index in [0.717, 1.165) is 15.5 Å². The number of rotatable bonds is 1. The molecule has 1 N–H and O–H groups in total. The fourth-order valence-electron chi connectivity index (χ4n) is 2.47. The van der Waals surface area contributed by atoms with Gasteiger partial charge in [-0.2, -0.15) is 0 Å². The molecule has 22 heavy (non-hydrogen) atoms. The first-order valence-corrected chi connectivity index (χ1v) is 7.34. The maximum atomic E-state index is 13.1. The molecule has 0 amide bonds. The summed E-state index contributed by atoms with van der Waals surface area (Å²) in [6.45, 7) is 0. The van der Waals surface area contributed by atoms with Gasteiger partial charge in [0.15, 0.2) is 5.65 Å². The Labute approximate surface area is 133 Å². The average Bonchev–Trinajstić information content (AvgIpc) is 2.85. The van der Waals surface area contributed by atoms with Crippen LogP contribution >= 0.6 is 15.9 Å². The number of aromatic hydroxyl groups is 1. The summed E-state index contributed by atoms with van der Waals surface area (Å²) in [5, 5.41) is 10.6. The summed E-state index contributed by atoms with van der Waals surface area (Å²) in [4.78, 5) is 8.74. The lowest BCUT2D eigenvalue weighted by molar-refractivity contribution is 0.453. The van der Waals surface area contributed by atoms with Crippen molar-refractivity contribution in [2.45, 2.75) is 0 Å². The molecule has 108 valence electrons. The first-order valence-electron chi connectivity index (χ1n) is 6.55. The van der Waals surface area contributed by atoms with Gasteiger partial charge in [-0.15, -0.1) is 0 Å². The third kappa shape index (κ3) is 1.95. The lowest BCUT2D eigenvalue weighted by atomic mass is 10.1. The van der Waals surface area contributed by atoms with Crippen molar-refractivity contribution < 1.29 is 9.50 Å². The van der Waals surface area contributed by atoms with Crippen molar-refractivity contribution in [1.82, 2.24) is 14.4 Å². The maximum absolute atomic E-state index is 13.1. The molecule has 0 aliphatic heterocycles. The van der Waals surface area contributed by atoms with E-state index >= 15 is 0 Å². The van der Waals surface area contributed by atoms with Crippen molar-refractivity contribution in [3.8, 4) is 17.1 Å². The predicted molar refractivity (Wildman–Crippen MR) is 85.3 cm³/mol. The largest absolute Gasteiger partial charge is 0.493 e. The number of halogens is 2. The van der Waals surface area contributed by atoms with E-state index in [4.69, 9.17) is 0 Å². The Balaban J connectivity index is 2.06. The van der Waals surface area contributed by atoms with Crippen LogP contribution in [0.5, 0.6) is 5.88 Å². The van der Waals surface area contributed by atoms with Crippen LogP contribution in [0.4, 0.5) is 4.39 Å². The molecular weight excluding hydrogens is 349 g/mol. The highest BCUT2D eigenvalue weighted by Crippen LogP contribution is 2.32. The summed E-state index contributed by atoms with van der Waals surface area (Å²) in [6, 6.07) is 11.5. The molecule has 0 aliphatic carbocycles. The van der Waals surface area contributed by atoms with Crippen LogP contribution in [0.15, 0.2) is 53.1 Å². The third-order valence-electron chi connectivity index (χ3n) is 3.49. The molecule has 6 heteroatoms. The SMILES string of the molecule is Oc1c(-c2ccc(F)cc2)nc2cnc3ccc(Br)cc3n12. The number of hydrogen-bond acceptors (Lipinski definition) is 3. The highest BCUT2D eigenvalue weighted by molar-refractivity contribution is 9.10. The van der Waals surface area contributed by atoms with Gasteiger partial charge in [0.2, 0.25) is 5.88 Å². The van der Waals surface area contributed by atoms with Crippen LogP contribution < -0.4 is 0 Å². The second-order valence-electron chi connectivity index (χ2n) is 4.88. The highest BCUT2D eigenvalue weighted by atomic mass is 79.9. The molecule has 2 aromatic heterocycles. The molecule has 0 aliphatic rings. The first kappa shape index (κ1) is 13.2. The summed E-state index contributed by atoms with van der Waals surface area (Å²) in [5.74, 6) is -0.324. The molecule has 0 fully saturated rings. The van der Waals surface area contributed by atoms with Crippen LogP contribution in [-0.2, 0) is 0 Å². The van der Waals surface area contributed by atoms with Gasteiger partial charge in [0.05, 0.1) is 17.2 Å². The van der Waals surface area contributed by atoms with Crippen LogP contribution in [0.2, 0.25) is 0 Å². The minimum Gasteiger partial charge on any atom is -0.493 e. The minimum atomic E-state index is -0.331. The van der Waals surface area contributed by atoms with E-state index in [1.807, 2.05) is 18.2 Å². The van der Waals surface area contributed by atoms with E-state index in [9.17, 15) is 9.50 Å².